The molecule has 0 aromatic heterocycles. The highest BCUT2D eigenvalue weighted by Gasteiger charge is 2.30. The molecule has 1 rings (SSSR count). The van der Waals surface area contributed by atoms with Crippen LogP contribution in [0.15, 0.2) is 0 Å². The SMILES string of the molecule is CC(C)(C)OC(=O)N[C@@H]1CCC[C@@H]1C(=O)[O-]. The van der Waals surface area contributed by atoms with Crippen LogP contribution < -0.4 is 10.4 Å². The molecule has 5 heteroatoms. The largest absolute Gasteiger partial charge is 0.550 e. The molecule has 0 bridgehead atoms. The van der Waals surface area contributed by atoms with Gasteiger partial charge in [0.1, 0.15) is 5.60 Å². The average molecular weight is 228 g/mol. The quantitative estimate of drug-likeness (QED) is 0.743. The highest BCUT2D eigenvalue weighted by molar-refractivity contribution is 5.72. The number of nitrogens with one attached hydrogen (secondary N) is 1. The van der Waals surface area contributed by atoms with Crippen LogP contribution in [0.4, 0.5) is 4.79 Å². The van der Waals surface area contributed by atoms with Crippen molar-refractivity contribution in [1.82, 2.24) is 5.32 Å². The minimum atomic E-state index is -1.10. The molecule has 1 aliphatic carbocycles. The van der Waals surface area contributed by atoms with Gasteiger partial charge in [-0.15, -0.1) is 0 Å². The first-order valence-corrected chi connectivity index (χ1v) is 5.50. The number of hydrogen-bond acceptors (Lipinski definition) is 4. The highest BCUT2D eigenvalue weighted by atomic mass is 16.6. The Morgan fingerprint density at radius 1 is 1.31 bits per heavy atom. The lowest BCUT2D eigenvalue weighted by Crippen LogP contribution is -2.46. The maximum Gasteiger partial charge on any atom is 0.407 e. The van der Waals surface area contributed by atoms with Crippen molar-refractivity contribution in [2.75, 3.05) is 0 Å². The van der Waals surface area contributed by atoms with E-state index in [1.807, 2.05) is 0 Å². The molecular weight excluding hydrogens is 210 g/mol. The first-order valence-electron chi connectivity index (χ1n) is 5.50. The summed E-state index contributed by atoms with van der Waals surface area (Å²) in [6, 6.07) is -0.361. The fraction of sp³-hybridized carbons (Fsp3) is 0.818. The Morgan fingerprint density at radius 2 is 1.94 bits per heavy atom. The van der Waals surface area contributed by atoms with Crippen molar-refractivity contribution in [3.05, 3.63) is 0 Å². The van der Waals surface area contributed by atoms with E-state index in [2.05, 4.69) is 5.32 Å². The smallest absolute Gasteiger partial charge is 0.407 e. The van der Waals surface area contributed by atoms with Gasteiger partial charge in [0.05, 0.1) is 0 Å². The molecule has 1 N–H and O–H groups in total. The van der Waals surface area contributed by atoms with E-state index in [1.54, 1.807) is 20.8 Å². The molecule has 16 heavy (non-hydrogen) atoms. The Hall–Kier alpha value is -1.26. The molecule has 0 spiro atoms. The van der Waals surface area contributed by atoms with Crippen LogP contribution in [0.25, 0.3) is 0 Å². The number of carbonyl (C=O) groups is 2. The lowest BCUT2D eigenvalue weighted by Gasteiger charge is -2.25. The molecule has 0 heterocycles. The molecule has 92 valence electrons. The summed E-state index contributed by atoms with van der Waals surface area (Å²) in [5.41, 5.74) is -0.570. The second-order valence-electron chi connectivity index (χ2n) is 5.11. The van der Waals surface area contributed by atoms with Crippen LogP contribution in [0.2, 0.25) is 0 Å². The molecular formula is C11H18NO4-. The number of amides is 1. The van der Waals surface area contributed by atoms with E-state index < -0.39 is 23.6 Å². The minimum absolute atomic E-state index is 0.361. The zero-order valence-electron chi connectivity index (χ0n) is 9.91. The summed E-state index contributed by atoms with van der Waals surface area (Å²) < 4.78 is 5.06. The number of alkyl carbamates (subject to hydrolysis) is 1. The second-order valence-corrected chi connectivity index (χ2v) is 5.11. The molecule has 2 atom stereocenters. The Bertz CT molecular complexity index is 282. The van der Waals surface area contributed by atoms with Crippen molar-refractivity contribution in [3.8, 4) is 0 Å². The van der Waals surface area contributed by atoms with Crippen LogP contribution in [0.3, 0.4) is 0 Å². The van der Waals surface area contributed by atoms with Crippen molar-refractivity contribution in [2.24, 2.45) is 5.92 Å². The van der Waals surface area contributed by atoms with Gasteiger partial charge in [0, 0.05) is 17.9 Å². The van der Waals surface area contributed by atoms with E-state index >= 15 is 0 Å². The molecule has 1 fully saturated rings. The number of hydrogen-bond donors (Lipinski definition) is 1. The zero-order valence-corrected chi connectivity index (χ0v) is 9.91. The van der Waals surface area contributed by atoms with Crippen LogP contribution in [0.1, 0.15) is 40.0 Å². The molecule has 0 aromatic rings. The third-order valence-electron chi connectivity index (χ3n) is 2.52. The predicted molar refractivity (Wildman–Crippen MR) is 55.5 cm³/mol. The van der Waals surface area contributed by atoms with E-state index in [-0.39, 0.29) is 6.04 Å². The van der Waals surface area contributed by atoms with Crippen molar-refractivity contribution < 1.29 is 19.4 Å². The number of carboxylic acids is 1. The first kappa shape index (κ1) is 12.8. The van der Waals surface area contributed by atoms with Gasteiger partial charge in [-0.25, -0.2) is 4.79 Å². The van der Waals surface area contributed by atoms with Gasteiger partial charge in [0.15, 0.2) is 0 Å². The third-order valence-corrected chi connectivity index (χ3v) is 2.52. The van der Waals surface area contributed by atoms with Crippen molar-refractivity contribution in [1.29, 1.82) is 0 Å². The molecule has 0 radical (unpaired) electrons. The number of carbonyl (C=O) groups excluding carboxylic acids is 2. The first-order chi connectivity index (χ1) is 7.29. The Kier molecular flexibility index (Phi) is 3.78. The second kappa shape index (κ2) is 4.72. The summed E-state index contributed by atoms with van der Waals surface area (Å²) in [6.45, 7) is 5.28. The summed E-state index contributed by atoms with van der Waals surface area (Å²) >= 11 is 0. The normalized spacial score (nSPS) is 25.2. The molecule has 0 aromatic carbocycles. The molecule has 0 unspecified atom stereocenters. The number of rotatable bonds is 2. The molecule has 0 aliphatic heterocycles. The van der Waals surface area contributed by atoms with E-state index in [0.29, 0.717) is 12.8 Å². The van der Waals surface area contributed by atoms with Gasteiger partial charge in [-0.3, -0.25) is 0 Å². The molecule has 1 amide bonds. The van der Waals surface area contributed by atoms with Crippen molar-refractivity contribution >= 4 is 12.1 Å². The van der Waals surface area contributed by atoms with E-state index in [1.165, 1.54) is 0 Å². The topological polar surface area (TPSA) is 78.5 Å². The zero-order chi connectivity index (χ0) is 12.3. The summed E-state index contributed by atoms with van der Waals surface area (Å²) in [5, 5.41) is 13.4. The average Bonchev–Trinajstić information content (AvgIpc) is 2.47. The fourth-order valence-corrected chi connectivity index (χ4v) is 1.87. The van der Waals surface area contributed by atoms with Crippen LogP contribution in [-0.4, -0.2) is 23.7 Å². The third kappa shape index (κ3) is 3.72. The van der Waals surface area contributed by atoms with Crippen LogP contribution >= 0.6 is 0 Å². The molecule has 1 saturated carbocycles. The lowest BCUT2D eigenvalue weighted by molar-refractivity contribution is -0.311. The molecule has 5 nitrogen and oxygen atoms in total. The van der Waals surface area contributed by atoms with E-state index in [4.69, 9.17) is 4.74 Å². The Balaban J connectivity index is 2.47. The van der Waals surface area contributed by atoms with Gasteiger partial charge >= 0.3 is 6.09 Å². The van der Waals surface area contributed by atoms with Crippen molar-refractivity contribution in [2.45, 2.75) is 51.7 Å². The van der Waals surface area contributed by atoms with Gasteiger partial charge < -0.3 is 20.0 Å². The van der Waals surface area contributed by atoms with Gasteiger partial charge in [0.2, 0.25) is 0 Å². The van der Waals surface area contributed by atoms with E-state index in [9.17, 15) is 14.7 Å². The van der Waals surface area contributed by atoms with Crippen LogP contribution in [-0.2, 0) is 9.53 Å². The Labute approximate surface area is 95.2 Å². The standard InChI is InChI=1S/C11H19NO4/c1-11(2,3)16-10(15)12-8-6-4-5-7(8)9(13)14/h7-8H,4-6H2,1-3H3,(H,12,15)(H,13,14)/p-1/t7-,8+/m0/s1. The van der Waals surface area contributed by atoms with Crippen LogP contribution in [0.5, 0.6) is 0 Å². The predicted octanol–water partition coefficient (Wildman–Crippen LogP) is 0.430. The van der Waals surface area contributed by atoms with Crippen LogP contribution in [0, 0.1) is 5.92 Å². The maximum absolute atomic E-state index is 11.4. The van der Waals surface area contributed by atoms with E-state index in [0.717, 1.165) is 6.42 Å². The van der Waals surface area contributed by atoms with Crippen molar-refractivity contribution in [3.63, 3.8) is 0 Å². The molecule has 1 aliphatic rings. The highest BCUT2D eigenvalue weighted by Crippen LogP contribution is 2.25. The maximum atomic E-state index is 11.4. The summed E-state index contributed by atoms with van der Waals surface area (Å²) in [5.74, 6) is -1.69. The van der Waals surface area contributed by atoms with Gasteiger partial charge in [-0.05, 0) is 33.6 Å². The summed E-state index contributed by atoms with van der Waals surface area (Å²) in [6.07, 6.45) is 1.45. The van der Waals surface area contributed by atoms with Gasteiger partial charge in [-0.1, -0.05) is 6.42 Å². The summed E-state index contributed by atoms with van der Waals surface area (Å²) in [4.78, 5) is 22.2. The monoisotopic (exact) mass is 228 g/mol. The van der Waals surface area contributed by atoms with Gasteiger partial charge in [-0.2, -0.15) is 0 Å². The number of aliphatic carboxylic acids is 1. The summed E-state index contributed by atoms with van der Waals surface area (Å²) in [7, 11) is 0. The lowest BCUT2D eigenvalue weighted by atomic mass is 10.0. The minimum Gasteiger partial charge on any atom is -0.550 e. The van der Waals surface area contributed by atoms with Gasteiger partial charge in [0.25, 0.3) is 0 Å². The number of carboxylic acid groups (broad SMARTS) is 1. The number of ether oxygens (including phenoxy) is 1. The Morgan fingerprint density at radius 3 is 2.44 bits per heavy atom. The molecule has 0 saturated heterocycles. The fourth-order valence-electron chi connectivity index (χ4n) is 1.87.